The molecule has 1 aromatic carbocycles. The van der Waals surface area contributed by atoms with E-state index in [0.717, 1.165) is 0 Å². The molecular formula is C16H15NO7. The van der Waals surface area contributed by atoms with E-state index in [2.05, 4.69) is 0 Å². The van der Waals surface area contributed by atoms with E-state index in [9.17, 15) is 24.5 Å². The predicted molar refractivity (Wildman–Crippen MR) is 79.2 cm³/mol. The average Bonchev–Trinajstić information content (AvgIpc) is 2.59. The Morgan fingerprint density at radius 1 is 1.17 bits per heavy atom. The molecule has 4 atom stereocenters. The van der Waals surface area contributed by atoms with Gasteiger partial charge in [0.2, 0.25) is 0 Å². The molecule has 4 rings (SSSR count). The zero-order valence-corrected chi connectivity index (χ0v) is 13.1. The van der Waals surface area contributed by atoms with E-state index < -0.39 is 40.5 Å². The van der Waals surface area contributed by atoms with Crippen LogP contribution in [0.2, 0.25) is 0 Å². The van der Waals surface area contributed by atoms with Crippen molar-refractivity contribution in [3.8, 4) is 0 Å². The van der Waals surface area contributed by atoms with Crippen LogP contribution < -0.4 is 0 Å². The maximum absolute atomic E-state index is 12.5. The molecule has 0 aromatic heterocycles. The number of Topliss-reactive ketones (excluding diaryl/α,β-unsaturated/α-hetero) is 1. The number of carbonyl (C=O) groups is 3. The minimum Gasteiger partial charge on any atom is -0.469 e. The molecule has 3 aliphatic rings. The Hall–Kier alpha value is -2.77. The topological polar surface area (TPSA) is 113 Å². The highest BCUT2D eigenvalue weighted by Gasteiger charge is 2.59. The summed E-state index contributed by atoms with van der Waals surface area (Å²) in [5, 5.41) is 11.4. The molecule has 1 fully saturated rings. The normalized spacial score (nSPS) is 27.3. The molecule has 126 valence electrons. The van der Waals surface area contributed by atoms with E-state index in [4.69, 9.17) is 9.47 Å². The summed E-state index contributed by atoms with van der Waals surface area (Å²) in [6.07, 6.45) is -0.0320. The molecule has 1 saturated carbocycles. The van der Waals surface area contributed by atoms with Crippen LogP contribution in [0.3, 0.4) is 0 Å². The second-order valence-corrected chi connectivity index (χ2v) is 5.89. The monoisotopic (exact) mass is 333 g/mol. The van der Waals surface area contributed by atoms with Gasteiger partial charge in [0.25, 0.3) is 5.69 Å². The summed E-state index contributed by atoms with van der Waals surface area (Å²) >= 11 is 0. The first-order valence-electron chi connectivity index (χ1n) is 7.38. The van der Waals surface area contributed by atoms with Gasteiger partial charge in [-0.1, -0.05) is 12.1 Å². The fourth-order valence-electron chi connectivity index (χ4n) is 4.05. The third kappa shape index (κ3) is 2.10. The summed E-state index contributed by atoms with van der Waals surface area (Å²) in [6, 6.07) is 4.42. The van der Waals surface area contributed by atoms with Gasteiger partial charge in [-0.25, -0.2) is 0 Å². The number of fused-ring (bicyclic) bond motifs is 2. The molecule has 0 saturated heterocycles. The number of ether oxygens (including phenoxy) is 2. The number of nitro groups is 1. The number of nitro benzene ring substituents is 1. The fraction of sp³-hybridized carbons (Fsp3) is 0.438. The van der Waals surface area contributed by atoms with Gasteiger partial charge in [0.05, 0.1) is 36.9 Å². The zero-order valence-electron chi connectivity index (χ0n) is 13.1. The number of hydrogen-bond donors (Lipinski definition) is 0. The van der Waals surface area contributed by atoms with Crippen molar-refractivity contribution >= 4 is 23.4 Å². The van der Waals surface area contributed by atoms with Gasteiger partial charge in [-0.15, -0.1) is 0 Å². The maximum Gasteiger partial charge on any atom is 0.310 e. The van der Waals surface area contributed by atoms with Gasteiger partial charge in [-0.05, 0) is 5.56 Å². The van der Waals surface area contributed by atoms with Crippen LogP contribution in [0, 0.1) is 22.0 Å². The van der Waals surface area contributed by atoms with Crippen molar-refractivity contribution in [1.29, 1.82) is 0 Å². The predicted octanol–water partition coefficient (Wildman–Crippen LogP) is 1.33. The smallest absolute Gasteiger partial charge is 0.310 e. The van der Waals surface area contributed by atoms with E-state index >= 15 is 0 Å². The summed E-state index contributed by atoms with van der Waals surface area (Å²) in [5.41, 5.74) is 0.635. The molecule has 0 N–H and O–H groups in total. The number of ketones is 1. The van der Waals surface area contributed by atoms with E-state index in [1.54, 1.807) is 6.07 Å². The average molecular weight is 333 g/mol. The van der Waals surface area contributed by atoms with Gasteiger partial charge in [0.15, 0.2) is 0 Å². The van der Waals surface area contributed by atoms with Gasteiger partial charge < -0.3 is 9.47 Å². The van der Waals surface area contributed by atoms with Gasteiger partial charge >= 0.3 is 11.9 Å². The molecule has 8 nitrogen and oxygen atoms in total. The number of hydrogen-bond acceptors (Lipinski definition) is 7. The highest BCUT2D eigenvalue weighted by molar-refractivity contribution is 5.99. The first-order chi connectivity index (χ1) is 11.4. The quantitative estimate of drug-likeness (QED) is 0.466. The zero-order chi connectivity index (χ0) is 17.6. The molecule has 0 unspecified atom stereocenters. The lowest BCUT2D eigenvalue weighted by atomic mass is 9.55. The molecule has 0 spiro atoms. The number of esters is 2. The summed E-state index contributed by atoms with van der Waals surface area (Å²) < 4.78 is 9.57. The molecule has 24 heavy (non-hydrogen) atoms. The third-order valence-corrected chi connectivity index (χ3v) is 4.91. The first kappa shape index (κ1) is 16.1. The van der Waals surface area contributed by atoms with Crippen LogP contribution in [0.25, 0.3) is 0 Å². The van der Waals surface area contributed by atoms with E-state index in [0.29, 0.717) is 11.1 Å². The minimum atomic E-state index is -1.02. The Balaban J connectivity index is 2.26. The summed E-state index contributed by atoms with van der Waals surface area (Å²) in [6.45, 7) is 0. The number of methoxy groups -OCH3 is 2. The van der Waals surface area contributed by atoms with Crippen molar-refractivity contribution in [2.24, 2.45) is 11.8 Å². The van der Waals surface area contributed by atoms with E-state index in [1.165, 1.54) is 26.4 Å². The van der Waals surface area contributed by atoms with Crippen LogP contribution in [0.15, 0.2) is 18.2 Å². The van der Waals surface area contributed by atoms with Gasteiger partial charge in [-0.3, -0.25) is 24.5 Å². The molecule has 0 radical (unpaired) electrons. The molecule has 0 aliphatic heterocycles. The van der Waals surface area contributed by atoms with E-state index in [-0.39, 0.29) is 17.9 Å². The maximum atomic E-state index is 12.5. The van der Waals surface area contributed by atoms with Gasteiger partial charge in [0, 0.05) is 24.0 Å². The number of rotatable bonds is 3. The Bertz CT molecular complexity index is 757. The van der Waals surface area contributed by atoms with Crippen molar-refractivity contribution in [2.45, 2.75) is 18.3 Å². The van der Waals surface area contributed by atoms with Crippen molar-refractivity contribution in [1.82, 2.24) is 0 Å². The van der Waals surface area contributed by atoms with Crippen LogP contribution in [0.5, 0.6) is 0 Å². The van der Waals surface area contributed by atoms with Crippen LogP contribution in [-0.2, 0) is 23.9 Å². The van der Waals surface area contributed by atoms with Crippen LogP contribution in [0.1, 0.15) is 29.4 Å². The Kier molecular flexibility index (Phi) is 3.82. The lowest BCUT2D eigenvalue weighted by Crippen LogP contribution is -2.50. The fourth-order valence-corrected chi connectivity index (χ4v) is 4.05. The molecule has 3 aliphatic carbocycles. The SMILES string of the molecule is COC(=O)[C@@H]1[C@@H](C(=O)OC)[C@H]2CC(=O)[C@@H]1c1cccc([N+](=O)[O-])c12. The summed E-state index contributed by atoms with van der Waals surface area (Å²) in [5.74, 6) is -5.27. The van der Waals surface area contributed by atoms with Crippen LogP contribution >= 0.6 is 0 Å². The van der Waals surface area contributed by atoms with Crippen molar-refractivity contribution in [2.75, 3.05) is 14.2 Å². The lowest BCUT2D eigenvalue weighted by molar-refractivity contribution is -0.386. The number of nitrogens with zero attached hydrogens (tertiary/aromatic N) is 1. The van der Waals surface area contributed by atoms with Crippen molar-refractivity contribution in [3.05, 3.63) is 39.4 Å². The molecule has 2 bridgehead atoms. The van der Waals surface area contributed by atoms with Crippen molar-refractivity contribution in [3.63, 3.8) is 0 Å². The standard InChI is InChI=1S/C16H15NO7/c1-23-15(19)13-8-6-10(18)12(14(13)16(20)24-2)7-4-3-5-9(11(7)8)17(21)22/h3-5,8,12-14H,6H2,1-2H3/t8-,12-,13-,14-/m0/s1. The number of carbonyl (C=O) groups excluding carboxylic acids is 3. The second kappa shape index (κ2) is 5.70. The van der Waals surface area contributed by atoms with Gasteiger partial charge in [-0.2, -0.15) is 0 Å². The summed E-state index contributed by atoms with van der Waals surface area (Å²) in [7, 11) is 2.36. The highest BCUT2D eigenvalue weighted by Crippen LogP contribution is 2.56. The molecule has 0 heterocycles. The van der Waals surface area contributed by atoms with Gasteiger partial charge in [0.1, 0.15) is 5.78 Å². The Morgan fingerprint density at radius 3 is 2.38 bits per heavy atom. The van der Waals surface area contributed by atoms with Crippen molar-refractivity contribution < 1.29 is 28.8 Å². The molecule has 1 aromatic rings. The third-order valence-electron chi connectivity index (χ3n) is 4.91. The Labute approximate surface area is 136 Å². The molecule has 0 amide bonds. The molecule has 8 heteroatoms. The minimum absolute atomic E-state index is 0.0320. The highest BCUT2D eigenvalue weighted by atomic mass is 16.6. The van der Waals surface area contributed by atoms with E-state index in [1.807, 2.05) is 0 Å². The Morgan fingerprint density at radius 2 is 1.79 bits per heavy atom. The summed E-state index contributed by atoms with van der Waals surface area (Å²) in [4.78, 5) is 47.8. The van der Waals surface area contributed by atoms with Crippen LogP contribution in [0.4, 0.5) is 5.69 Å². The lowest BCUT2D eigenvalue weighted by Gasteiger charge is -2.45. The number of benzene rings is 1. The first-order valence-corrected chi connectivity index (χ1v) is 7.38. The second-order valence-electron chi connectivity index (χ2n) is 5.89. The molecular weight excluding hydrogens is 318 g/mol. The van der Waals surface area contributed by atoms with Crippen LogP contribution in [-0.4, -0.2) is 36.9 Å². The largest absolute Gasteiger partial charge is 0.469 e.